The number of benzene rings is 1. The van der Waals surface area contributed by atoms with Crippen LogP contribution in [0.1, 0.15) is 37.3 Å². The highest BCUT2D eigenvalue weighted by molar-refractivity contribution is 5.37. The molecule has 0 amide bonds. The normalized spacial score (nSPS) is 23.5. The van der Waals surface area contributed by atoms with E-state index in [1.807, 2.05) is 0 Å². The van der Waals surface area contributed by atoms with E-state index in [-0.39, 0.29) is 0 Å². The monoisotopic (exact) mass is 190 g/mol. The number of rotatable bonds is 2. The second-order valence-corrected chi connectivity index (χ2v) is 4.93. The van der Waals surface area contributed by atoms with Gasteiger partial charge in [0.15, 0.2) is 0 Å². The van der Waals surface area contributed by atoms with Crippen molar-refractivity contribution in [3.05, 3.63) is 35.4 Å². The summed E-state index contributed by atoms with van der Waals surface area (Å²) in [6.45, 7) is 4.89. The summed E-state index contributed by atoms with van der Waals surface area (Å²) < 4.78 is 0. The lowest BCUT2D eigenvalue weighted by Gasteiger charge is -2.26. The predicted molar refractivity (Wildman–Crippen MR) is 58.4 cm³/mol. The fraction of sp³-hybridized carbons (Fsp3) is 0.538. The quantitative estimate of drug-likeness (QED) is 0.760. The van der Waals surface area contributed by atoms with Crippen molar-refractivity contribution in [2.24, 2.45) is 5.41 Å². The number of fused-ring (bicyclic) bond motifs is 1. The molecule has 0 heterocycles. The van der Waals surface area contributed by atoms with Gasteiger partial charge < -0.3 is 5.11 Å². The summed E-state index contributed by atoms with van der Waals surface area (Å²) in [5, 5.41) is 9.08. The molecule has 0 bridgehead atoms. The molecule has 0 radical (unpaired) electrons. The van der Waals surface area contributed by atoms with E-state index in [2.05, 4.69) is 38.1 Å². The molecule has 1 aromatic carbocycles. The number of aliphatic hydroxyl groups is 1. The Morgan fingerprint density at radius 1 is 1.36 bits per heavy atom. The van der Waals surface area contributed by atoms with Crippen molar-refractivity contribution >= 4 is 0 Å². The Balaban J connectivity index is 2.37. The molecule has 0 saturated heterocycles. The van der Waals surface area contributed by atoms with Gasteiger partial charge in [0.25, 0.3) is 0 Å². The summed E-state index contributed by atoms with van der Waals surface area (Å²) >= 11 is 0. The molecule has 1 N–H and O–H groups in total. The van der Waals surface area contributed by atoms with Crippen LogP contribution < -0.4 is 0 Å². The minimum Gasteiger partial charge on any atom is -0.396 e. The number of hydrogen-bond donors (Lipinski definition) is 1. The number of aliphatic hydroxyl groups excluding tert-OH is 1. The van der Waals surface area contributed by atoms with Crippen molar-refractivity contribution in [2.75, 3.05) is 6.61 Å². The zero-order valence-corrected chi connectivity index (χ0v) is 8.96. The average molecular weight is 190 g/mol. The highest BCUT2D eigenvalue weighted by atomic mass is 16.3. The van der Waals surface area contributed by atoms with Crippen LogP contribution in [0.4, 0.5) is 0 Å². The van der Waals surface area contributed by atoms with E-state index in [9.17, 15) is 0 Å². The average Bonchev–Trinajstić information content (AvgIpc) is 2.39. The second kappa shape index (κ2) is 3.39. The van der Waals surface area contributed by atoms with E-state index in [1.165, 1.54) is 11.1 Å². The molecule has 1 aliphatic carbocycles. The molecule has 0 aromatic heterocycles. The molecule has 76 valence electrons. The van der Waals surface area contributed by atoms with Crippen LogP contribution in [0.15, 0.2) is 24.3 Å². The van der Waals surface area contributed by atoms with Crippen LogP contribution in [0.2, 0.25) is 0 Å². The summed E-state index contributed by atoms with van der Waals surface area (Å²) in [4.78, 5) is 0. The first kappa shape index (κ1) is 9.72. The van der Waals surface area contributed by atoms with Crippen LogP contribution in [0.3, 0.4) is 0 Å². The van der Waals surface area contributed by atoms with Crippen LogP contribution in [-0.2, 0) is 6.42 Å². The van der Waals surface area contributed by atoms with Gasteiger partial charge in [0.2, 0.25) is 0 Å². The fourth-order valence-electron chi connectivity index (χ4n) is 2.75. The van der Waals surface area contributed by atoms with E-state index in [4.69, 9.17) is 5.11 Å². The van der Waals surface area contributed by atoms with Crippen molar-refractivity contribution in [2.45, 2.75) is 32.6 Å². The summed E-state index contributed by atoms with van der Waals surface area (Å²) in [5.74, 6) is 0.531. The van der Waals surface area contributed by atoms with Crippen LogP contribution >= 0.6 is 0 Å². The molecule has 0 aliphatic heterocycles. The van der Waals surface area contributed by atoms with Crippen molar-refractivity contribution in [3.63, 3.8) is 0 Å². The molecule has 0 fully saturated rings. The fourth-order valence-corrected chi connectivity index (χ4v) is 2.75. The van der Waals surface area contributed by atoms with Gasteiger partial charge in [-0.05, 0) is 35.3 Å². The maximum Gasteiger partial charge on any atom is 0.0437 e. The third-order valence-corrected chi connectivity index (χ3v) is 3.44. The minimum absolute atomic E-state index is 0.294. The molecule has 1 unspecified atom stereocenters. The van der Waals surface area contributed by atoms with E-state index >= 15 is 0 Å². The van der Waals surface area contributed by atoms with E-state index in [0.717, 1.165) is 12.8 Å². The molecule has 1 nitrogen and oxygen atoms in total. The van der Waals surface area contributed by atoms with Crippen LogP contribution in [0.5, 0.6) is 0 Å². The molecule has 0 saturated carbocycles. The molecule has 1 atom stereocenters. The summed E-state index contributed by atoms with van der Waals surface area (Å²) in [6, 6.07) is 8.64. The Labute approximate surface area is 85.8 Å². The number of hydrogen-bond acceptors (Lipinski definition) is 1. The highest BCUT2D eigenvalue weighted by Gasteiger charge is 2.37. The third kappa shape index (κ3) is 1.46. The van der Waals surface area contributed by atoms with Gasteiger partial charge in [-0.15, -0.1) is 0 Å². The first-order valence-corrected chi connectivity index (χ1v) is 5.34. The van der Waals surface area contributed by atoms with Gasteiger partial charge in [0.1, 0.15) is 0 Å². The maximum atomic E-state index is 9.08. The largest absolute Gasteiger partial charge is 0.396 e. The first-order chi connectivity index (χ1) is 6.65. The van der Waals surface area contributed by atoms with Gasteiger partial charge in [-0.2, -0.15) is 0 Å². The Bertz CT molecular complexity index is 328. The van der Waals surface area contributed by atoms with E-state index in [1.54, 1.807) is 0 Å². The van der Waals surface area contributed by atoms with Crippen LogP contribution in [-0.4, -0.2) is 11.7 Å². The predicted octanol–water partition coefficient (Wildman–Crippen LogP) is 2.73. The molecule has 14 heavy (non-hydrogen) atoms. The van der Waals surface area contributed by atoms with Gasteiger partial charge in [-0.25, -0.2) is 0 Å². The van der Waals surface area contributed by atoms with E-state index < -0.39 is 0 Å². The van der Waals surface area contributed by atoms with Gasteiger partial charge in [0.05, 0.1) is 0 Å². The summed E-state index contributed by atoms with van der Waals surface area (Å²) in [6.07, 6.45) is 2.04. The van der Waals surface area contributed by atoms with Gasteiger partial charge >= 0.3 is 0 Å². The van der Waals surface area contributed by atoms with Crippen molar-refractivity contribution < 1.29 is 5.11 Å². The van der Waals surface area contributed by atoms with Gasteiger partial charge in [0, 0.05) is 6.61 Å². The van der Waals surface area contributed by atoms with Gasteiger partial charge in [-0.1, -0.05) is 38.1 Å². The molecule has 1 heteroatoms. The lowest BCUT2D eigenvalue weighted by molar-refractivity contribution is 0.223. The van der Waals surface area contributed by atoms with Crippen LogP contribution in [0.25, 0.3) is 0 Å². The molecule has 1 aromatic rings. The first-order valence-electron chi connectivity index (χ1n) is 5.34. The minimum atomic E-state index is 0.294. The lowest BCUT2D eigenvalue weighted by Crippen LogP contribution is -2.18. The highest BCUT2D eigenvalue weighted by Crippen LogP contribution is 2.48. The Morgan fingerprint density at radius 3 is 2.79 bits per heavy atom. The smallest absolute Gasteiger partial charge is 0.0437 e. The standard InChI is InChI=1S/C13H18O/c1-13(2)9-10-5-3-4-6-11(10)12(13)7-8-14/h3-6,12,14H,7-9H2,1-2H3. The zero-order valence-electron chi connectivity index (χ0n) is 8.96. The Hall–Kier alpha value is -0.820. The van der Waals surface area contributed by atoms with Crippen molar-refractivity contribution in [1.29, 1.82) is 0 Å². The summed E-state index contributed by atoms with van der Waals surface area (Å²) in [5.41, 5.74) is 3.23. The van der Waals surface area contributed by atoms with E-state index in [0.29, 0.717) is 17.9 Å². The van der Waals surface area contributed by atoms with Crippen LogP contribution in [0, 0.1) is 5.41 Å². The molecule has 1 aliphatic rings. The Kier molecular flexibility index (Phi) is 2.36. The SMILES string of the molecule is CC1(C)Cc2ccccc2C1CCO. The third-order valence-electron chi connectivity index (χ3n) is 3.44. The van der Waals surface area contributed by atoms with Crippen molar-refractivity contribution in [3.8, 4) is 0 Å². The molecule has 2 rings (SSSR count). The lowest BCUT2D eigenvalue weighted by atomic mass is 9.78. The zero-order chi connectivity index (χ0) is 10.2. The molecular formula is C13H18O. The maximum absolute atomic E-state index is 9.08. The molecular weight excluding hydrogens is 172 g/mol. The topological polar surface area (TPSA) is 20.2 Å². The second-order valence-electron chi connectivity index (χ2n) is 4.93. The Morgan fingerprint density at radius 2 is 2.07 bits per heavy atom. The van der Waals surface area contributed by atoms with Gasteiger partial charge in [-0.3, -0.25) is 0 Å². The summed E-state index contributed by atoms with van der Waals surface area (Å²) in [7, 11) is 0. The van der Waals surface area contributed by atoms with Crippen molar-refractivity contribution in [1.82, 2.24) is 0 Å². The molecule has 0 spiro atoms.